The lowest BCUT2D eigenvalue weighted by molar-refractivity contribution is 0.417. The first-order valence-corrected chi connectivity index (χ1v) is 8.96. The molecule has 0 radical (unpaired) electrons. The number of hydrogen-bond donors (Lipinski definition) is 1. The van der Waals surface area contributed by atoms with Crippen molar-refractivity contribution in [1.29, 1.82) is 0 Å². The summed E-state index contributed by atoms with van der Waals surface area (Å²) < 4.78 is 3.63. The highest BCUT2D eigenvalue weighted by molar-refractivity contribution is 5.83. The Morgan fingerprint density at radius 1 is 1.11 bits per heavy atom. The largest absolute Gasteiger partial charge is 0.356 e. The van der Waals surface area contributed by atoms with Gasteiger partial charge in [-0.05, 0) is 24.7 Å². The Hall–Kier alpha value is -3.26. The van der Waals surface area contributed by atoms with E-state index in [0.29, 0.717) is 5.92 Å². The molecule has 0 atom stereocenters. The van der Waals surface area contributed by atoms with Gasteiger partial charge in [0.1, 0.15) is 5.82 Å². The van der Waals surface area contributed by atoms with Crippen LogP contribution in [-0.2, 0) is 7.05 Å². The van der Waals surface area contributed by atoms with E-state index < -0.39 is 0 Å². The van der Waals surface area contributed by atoms with Crippen molar-refractivity contribution in [2.45, 2.75) is 0 Å². The van der Waals surface area contributed by atoms with E-state index in [9.17, 15) is 0 Å². The van der Waals surface area contributed by atoms with E-state index in [-0.39, 0.29) is 0 Å². The van der Waals surface area contributed by atoms with E-state index in [1.165, 1.54) is 0 Å². The van der Waals surface area contributed by atoms with Crippen LogP contribution in [0.2, 0.25) is 0 Å². The van der Waals surface area contributed by atoms with E-state index >= 15 is 0 Å². The topological polar surface area (TPSA) is 90.7 Å². The minimum Gasteiger partial charge on any atom is -0.356 e. The minimum absolute atomic E-state index is 0.564. The van der Waals surface area contributed by atoms with E-state index in [2.05, 4.69) is 20.1 Å². The fourth-order valence-corrected chi connectivity index (χ4v) is 3.43. The van der Waals surface area contributed by atoms with Crippen LogP contribution in [0, 0.1) is 5.92 Å². The number of rotatable bonds is 4. The van der Waals surface area contributed by atoms with Gasteiger partial charge in [-0.1, -0.05) is 6.07 Å². The van der Waals surface area contributed by atoms with E-state index in [4.69, 9.17) is 10.7 Å². The summed E-state index contributed by atoms with van der Waals surface area (Å²) in [6.45, 7) is 2.65. The van der Waals surface area contributed by atoms with Crippen LogP contribution in [0.25, 0.3) is 28.0 Å². The van der Waals surface area contributed by atoms with Crippen LogP contribution in [0.1, 0.15) is 0 Å². The zero-order chi connectivity index (χ0) is 18.4. The van der Waals surface area contributed by atoms with Gasteiger partial charge in [0.05, 0.1) is 23.6 Å². The van der Waals surface area contributed by atoms with Gasteiger partial charge in [0.2, 0.25) is 0 Å². The van der Waals surface area contributed by atoms with Crippen LogP contribution in [-0.4, -0.2) is 49.2 Å². The molecule has 1 saturated heterocycles. The van der Waals surface area contributed by atoms with Crippen molar-refractivity contribution in [3.05, 3.63) is 49.1 Å². The summed E-state index contributed by atoms with van der Waals surface area (Å²) in [6, 6.07) is 8.05. The molecule has 0 amide bonds. The lowest BCUT2D eigenvalue weighted by Crippen LogP contribution is -2.50. The Kier molecular flexibility index (Phi) is 3.64. The lowest BCUT2D eigenvalue weighted by Gasteiger charge is -2.39. The van der Waals surface area contributed by atoms with Gasteiger partial charge in [-0.3, -0.25) is 9.67 Å². The van der Waals surface area contributed by atoms with Crippen LogP contribution >= 0.6 is 0 Å². The second kappa shape index (κ2) is 6.17. The molecule has 0 aromatic carbocycles. The monoisotopic (exact) mass is 360 g/mol. The third-order valence-electron chi connectivity index (χ3n) is 5.00. The van der Waals surface area contributed by atoms with Crippen LogP contribution in [0.15, 0.2) is 49.1 Å². The highest BCUT2D eigenvalue weighted by Gasteiger charge is 2.26. The van der Waals surface area contributed by atoms with Crippen molar-refractivity contribution >= 4 is 16.7 Å². The second-order valence-corrected chi connectivity index (χ2v) is 6.95. The minimum atomic E-state index is 0.564. The molecule has 136 valence electrons. The molecule has 8 heteroatoms. The molecule has 1 aliphatic rings. The Morgan fingerprint density at radius 2 is 1.96 bits per heavy atom. The van der Waals surface area contributed by atoms with Crippen LogP contribution in [0.3, 0.4) is 0 Å². The molecule has 1 aliphatic heterocycles. The molecule has 27 heavy (non-hydrogen) atoms. The van der Waals surface area contributed by atoms with Gasteiger partial charge in [-0.25, -0.2) is 9.67 Å². The van der Waals surface area contributed by atoms with E-state index in [0.717, 1.165) is 53.4 Å². The van der Waals surface area contributed by atoms with Gasteiger partial charge in [0.25, 0.3) is 0 Å². The summed E-state index contributed by atoms with van der Waals surface area (Å²) in [7, 11) is 1.90. The predicted octanol–water partition coefficient (Wildman–Crippen LogP) is 1.61. The number of nitrogens with zero attached hydrogens (tertiary/aromatic N) is 7. The first kappa shape index (κ1) is 16.0. The van der Waals surface area contributed by atoms with Crippen molar-refractivity contribution < 1.29 is 0 Å². The van der Waals surface area contributed by atoms with Crippen molar-refractivity contribution in [3.8, 4) is 17.1 Å². The van der Waals surface area contributed by atoms with Crippen LogP contribution in [0.4, 0.5) is 5.82 Å². The normalized spacial score (nSPS) is 14.7. The van der Waals surface area contributed by atoms with E-state index in [1.54, 1.807) is 4.68 Å². The average Bonchev–Trinajstić information content (AvgIpc) is 3.27. The fraction of sp³-hybridized carbons (Fsp3) is 0.263. The lowest BCUT2D eigenvalue weighted by atomic mass is 10.0. The molecular weight excluding hydrogens is 340 g/mol. The van der Waals surface area contributed by atoms with Crippen molar-refractivity contribution in [1.82, 2.24) is 29.5 Å². The first-order chi connectivity index (χ1) is 13.2. The number of nitrogens with two attached hydrogens (primary N) is 1. The smallest absolute Gasteiger partial charge is 0.156 e. The molecule has 1 fully saturated rings. The van der Waals surface area contributed by atoms with Crippen molar-refractivity contribution in [2.24, 2.45) is 18.7 Å². The summed E-state index contributed by atoms with van der Waals surface area (Å²) in [6.07, 6.45) is 7.42. The third kappa shape index (κ3) is 2.74. The van der Waals surface area contributed by atoms with Crippen LogP contribution in [0.5, 0.6) is 0 Å². The molecule has 0 saturated carbocycles. The number of aromatic nitrogens is 6. The highest BCUT2D eigenvalue weighted by Crippen LogP contribution is 2.26. The predicted molar refractivity (Wildman–Crippen MR) is 104 cm³/mol. The zero-order valence-electron chi connectivity index (χ0n) is 15.0. The molecule has 0 bridgehead atoms. The molecule has 0 aliphatic carbocycles. The van der Waals surface area contributed by atoms with Gasteiger partial charge in [-0.2, -0.15) is 10.2 Å². The molecule has 8 nitrogen and oxygen atoms in total. The quantitative estimate of drug-likeness (QED) is 0.595. The average molecular weight is 360 g/mol. The molecule has 4 aromatic rings. The fourth-order valence-electron chi connectivity index (χ4n) is 3.43. The summed E-state index contributed by atoms with van der Waals surface area (Å²) in [5.74, 6) is 2.32. The van der Waals surface area contributed by atoms with Gasteiger partial charge < -0.3 is 10.6 Å². The number of aryl methyl sites for hydroxylation is 1. The Balaban J connectivity index is 1.53. The Bertz CT molecular complexity index is 1110. The number of anilines is 1. The van der Waals surface area contributed by atoms with Crippen molar-refractivity contribution in [2.75, 3.05) is 24.5 Å². The van der Waals surface area contributed by atoms with Crippen LogP contribution < -0.4 is 10.6 Å². The number of hydrogen-bond acceptors (Lipinski definition) is 6. The maximum atomic E-state index is 5.73. The van der Waals surface area contributed by atoms with Gasteiger partial charge in [0, 0.05) is 49.4 Å². The van der Waals surface area contributed by atoms with Crippen molar-refractivity contribution in [3.63, 3.8) is 0 Å². The zero-order valence-corrected chi connectivity index (χ0v) is 15.0. The maximum Gasteiger partial charge on any atom is 0.156 e. The maximum absolute atomic E-state index is 5.73. The summed E-state index contributed by atoms with van der Waals surface area (Å²) in [4.78, 5) is 11.6. The molecule has 5 rings (SSSR count). The molecule has 0 spiro atoms. The number of pyridine rings is 2. The molecule has 5 heterocycles. The van der Waals surface area contributed by atoms with Gasteiger partial charge >= 0.3 is 0 Å². The standard InChI is InChI=1S/C19H20N8/c1-25-12-15(9-22-25)16-5-17-14(7-21-16)8-23-27(17)19-4-2-3-18(24-19)26-10-13(6-20)11-26/h2-5,7-9,12-13H,6,10-11,20H2,1H3. The summed E-state index contributed by atoms with van der Waals surface area (Å²) in [5.41, 5.74) is 8.54. The molecule has 0 unspecified atom stereocenters. The molecule has 4 aromatic heterocycles. The SMILES string of the molecule is Cn1cc(-c2cc3c(cn2)cnn3-c2cccc(N3CC(CN)C3)n2)cn1. The number of fused-ring (bicyclic) bond motifs is 1. The Labute approximate surface area is 156 Å². The third-order valence-corrected chi connectivity index (χ3v) is 5.00. The highest BCUT2D eigenvalue weighted by atomic mass is 15.3. The first-order valence-electron chi connectivity index (χ1n) is 8.96. The second-order valence-electron chi connectivity index (χ2n) is 6.95. The Morgan fingerprint density at radius 3 is 2.74 bits per heavy atom. The molecule has 2 N–H and O–H groups in total. The van der Waals surface area contributed by atoms with E-state index in [1.807, 2.05) is 60.8 Å². The van der Waals surface area contributed by atoms with Gasteiger partial charge in [0.15, 0.2) is 5.82 Å². The molecular formula is C19H20N8. The van der Waals surface area contributed by atoms with Gasteiger partial charge in [-0.15, -0.1) is 0 Å². The summed E-state index contributed by atoms with van der Waals surface area (Å²) >= 11 is 0. The summed E-state index contributed by atoms with van der Waals surface area (Å²) in [5, 5.41) is 9.74.